The second-order valence-corrected chi connectivity index (χ2v) is 6.83. The summed E-state index contributed by atoms with van der Waals surface area (Å²) in [5.74, 6) is 1.39. The molecule has 0 aliphatic heterocycles. The van der Waals surface area contributed by atoms with Crippen LogP contribution in [0.5, 0.6) is 11.5 Å². The van der Waals surface area contributed by atoms with Crippen LogP contribution in [0.15, 0.2) is 59.5 Å². The third kappa shape index (κ3) is 3.85. The first-order chi connectivity index (χ1) is 15.0. The van der Waals surface area contributed by atoms with Gasteiger partial charge in [-0.05, 0) is 18.2 Å². The van der Waals surface area contributed by atoms with Crippen molar-refractivity contribution < 1.29 is 14.3 Å². The second-order valence-electron chi connectivity index (χ2n) is 6.83. The predicted molar refractivity (Wildman–Crippen MR) is 116 cm³/mol. The lowest BCUT2D eigenvalue weighted by atomic mass is 10.1. The van der Waals surface area contributed by atoms with Crippen molar-refractivity contribution in [2.75, 3.05) is 19.5 Å². The van der Waals surface area contributed by atoms with Gasteiger partial charge in [-0.2, -0.15) is 10.2 Å². The van der Waals surface area contributed by atoms with Crippen LogP contribution in [0.25, 0.3) is 10.8 Å². The van der Waals surface area contributed by atoms with Crippen molar-refractivity contribution in [1.82, 2.24) is 19.6 Å². The van der Waals surface area contributed by atoms with Gasteiger partial charge in [-0.15, -0.1) is 0 Å². The van der Waals surface area contributed by atoms with Crippen molar-refractivity contribution in [2.24, 2.45) is 7.05 Å². The maximum atomic E-state index is 13.0. The SMILES string of the molecule is COc1ccc(Cn2nccc2NC(=O)c2nn(C)c(=O)c3ccccc23)c(OC)c1. The number of ether oxygens (including phenoxy) is 2. The van der Waals surface area contributed by atoms with Gasteiger partial charge in [-0.25, -0.2) is 9.36 Å². The lowest BCUT2D eigenvalue weighted by molar-refractivity contribution is 0.102. The van der Waals surface area contributed by atoms with Gasteiger partial charge in [0.25, 0.3) is 11.5 Å². The number of nitrogens with one attached hydrogen (secondary N) is 1. The van der Waals surface area contributed by atoms with Gasteiger partial charge in [0.05, 0.1) is 32.3 Å². The van der Waals surface area contributed by atoms with Crippen molar-refractivity contribution in [3.8, 4) is 11.5 Å². The molecule has 0 atom stereocenters. The number of methoxy groups -OCH3 is 2. The summed E-state index contributed by atoms with van der Waals surface area (Å²) in [6, 6.07) is 14.1. The van der Waals surface area contributed by atoms with Crippen LogP contribution in [0, 0.1) is 0 Å². The smallest absolute Gasteiger partial charge is 0.277 e. The fraction of sp³-hybridized carbons (Fsp3) is 0.182. The van der Waals surface area contributed by atoms with Crippen LogP contribution in [0.4, 0.5) is 5.82 Å². The number of anilines is 1. The molecule has 4 aromatic rings. The molecule has 158 valence electrons. The predicted octanol–water partition coefficient (Wildman–Crippen LogP) is 2.45. The molecule has 0 saturated heterocycles. The molecule has 1 amide bonds. The first-order valence-electron chi connectivity index (χ1n) is 9.52. The van der Waals surface area contributed by atoms with Gasteiger partial charge in [0, 0.05) is 30.1 Å². The number of aromatic nitrogens is 4. The van der Waals surface area contributed by atoms with E-state index in [9.17, 15) is 9.59 Å². The number of aryl methyl sites for hydroxylation is 1. The Labute approximate surface area is 177 Å². The minimum atomic E-state index is -0.435. The average Bonchev–Trinajstić information content (AvgIpc) is 3.22. The number of hydrogen-bond donors (Lipinski definition) is 1. The lowest BCUT2D eigenvalue weighted by Gasteiger charge is -2.13. The quantitative estimate of drug-likeness (QED) is 0.515. The molecule has 1 N–H and O–H groups in total. The highest BCUT2D eigenvalue weighted by Gasteiger charge is 2.18. The molecule has 2 aromatic carbocycles. The van der Waals surface area contributed by atoms with Gasteiger partial charge in [0.15, 0.2) is 5.69 Å². The first-order valence-corrected chi connectivity index (χ1v) is 9.52. The number of benzene rings is 2. The van der Waals surface area contributed by atoms with Crippen LogP contribution >= 0.6 is 0 Å². The van der Waals surface area contributed by atoms with Crippen LogP contribution < -0.4 is 20.3 Å². The highest BCUT2D eigenvalue weighted by Crippen LogP contribution is 2.26. The lowest BCUT2D eigenvalue weighted by Crippen LogP contribution is -2.26. The maximum absolute atomic E-state index is 13.0. The molecule has 0 saturated carbocycles. The Kier molecular flexibility index (Phi) is 5.40. The van der Waals surface area contributed by atoms with Crippen LogP contribution in [0.3, 0.4) is 0 Å². The topological polar surface area (TPSA) is 100 Å². The Hall–Kier alpha value is -4.14. The molecule has 0 aliphatic rings. The summed E-state index contributed by atoms with van der Waals surface area (Å²) in [5, 5.41) is 12.2. The van der Waals surface area contributed by atoms with Gasteiger partial charge in [-0.3, -0.25) is 9.59 Å². The van der Waals surface area contributed by atoms with Crippen molar-refractivity contribution in [1.29, 1.82) is 0 Å². The van der Waals surface area contributed by atoms with E-state index in [0.717, 1.165) is 10.2 Å². The van der Waals surface area contributed by atoms with Crippen LogP contribution in [0.2, 0.25) is 0 Å². The summed E-state index contributed by atoms with van der Waals surface area (Å²) in [6.45, 7) is 0.372. The number of nitrogens with zero attached hydrogens (tertiary/aromatic N) is 4. The van der Waals surface area contributed by atoms with Gasteiger partial charge >= 0.3 is 0 Å². The van der Waals surface area contributed by atoms with E-state index in [1.807, 2.05) is 12.1 Å². The molecule has 9 nitrogen and oxygen atoms in total. The normalized spacial score (nSPS) is 10.8. The summed E-state index contributed by atoms with van der Waals surface area (Å²) in [7, 11) is 4.69. The van der Waals surface area contributed by atoms with Gasteiger partial charge in [0.2, 0.25) is 0 Å². The van der Waals surface area contributed by atoms with E-state index in [4.69, 9.17) is 9.47 Å². The van der Waals surface area contributed by atoms with Crippen LogP contribution in [-0.2, 0) is 13.6 Å². The minimum absolute atomic E-state index is 0.160. The van der Waals surface area contributed by atoms with Crippen LogP contribution in [0.1, 0.15) is 16.1 Å². The molecule has 0 aliphatic carbocycles. The zero-order valence-electron chi connectivity index (χ0n) is 17.3. The average molecular weight is 419 g/mol. The second kappa shape index (κ2) is 8.31. The number of rotatable bonds is 6. The summed E-state index contributed by atoms with van der Waals surface area (Å²) < 4.78 is 13.5. The van der Waals surface area contributed by atoms with Gasteiger partial charge in [0.1, 0.15) is 17.3 Å². The van der Waals surface area contributed by atoms with Crippen molar-refractivity contribution in [3.63, 3.8) is 0 Å². The fourth-order valence-electron chi connectivity index (χ4n) is 3.35. The molecule has 9 heteroatoms. The third-order valence-electron chi connectivity index (χ3n) is 4.94. The highest BCUT2D eigenvalue weighted by molar-refractivity contribution is 6.10. The molecular formula is C22H21N5O4. The Morgan fingerprint density at radius 2 is 1.84 bits per heavy atom. The zero-order chi connectivity index (χ0) is 22.0. The largest absolute Gasteiger partial charge is 0.497 e. The Morgan fingerprint density at radius 1 is 1.06 bits per heavy atom. The summed E-state index contributed by atoms with van der Waals surface area (Å²) in [5.41, 5.74) is 0.768. The molecule has 2 heterocycles. The van der Waals surface area contributed by atoms with E-state index in [1.165, 1.54) is 7.05 Å². The molecule has 0 fully saturated rings. The molecular weight excluding hydrogens is 398 g/mol. The highest BCUT2D eigenvalue weighted by atomic mass is 16.5. The minimum Gasteiger partial charge on any atom is -0.497 e. The monoisotopic (exact) mass is 419 g/mol. The number of fused-ring (bicyclic) bond motifs is 1. The number of carbonyl (C=O) groups is 1. The fourth-order valence-corrected chi connectivity index (χ4v) is 3.35. The van der Waals surface area contributed by atoms with E-state index in [0.29, 0.717) is 34.6 Å². The molecule has 0 bridgehead atoms. The Morgan fingerprint density at radius 3 is 2.58 bits per heavy atom. The molecule has 0 unspecified atom stereocenters. The van der Waals surface area contributed by atoms with Gasteiger partial charge in [-0.1, -0.05) is 18.2 Å². The Bertz CT molecular complexity index is 1330. The van der Waals surface area contributed by atoms with E-state index in [-0.39, 0.29) is 11.3 Å². The zero-order valence-corrected chi connectivity index (χ0v) is 17.3. The Balaban J connectivity index is 1.64. The van der Waals surface area contributed by atoms with Crippen molar-refractivity contribution in [2.45, 2.75) is 6.54 Å². The standard InChI is InChI=1S/C22H21N5O4/c1-26-22(29)17-7-5-4-6-16(17)20(25-26)21(28)24-19-10-11-23-27(19)13-14-8-9-15(30-2)12-18(14)31-3/h4-12H,13H2,1-3H3,(H,24,28). The molecule has 4 rings (SSSR count). The molecule has 2 aromatic heterocycles. The summed E-state index contributed by atoms with van der Waals surface area (Å²) in [4.78, 5) is 25.3. The third-order valence-corrected chi connectivity index (χ3v) is 4.94. The van der Waals surface area contributed by atoms with E-state index in [1.54, 1.807) is 61.5 Å². The molecule has 0 spiro atoms. The van der Waals surface area contributed by atoms with E-state index >= 15 is 0 Å². The summed E-state index contributed by atoms with van der Waals surface area (Å²) in [6.07, 6.45) is 1.60. The summed E-state index contributed by atoms with van der Waals surface area (Å²) >= 11 is 0. The van der Waals surface area contributed by atoms with Crippen molar-refractivity contribution >= 4 is 22.5 Å². The number of carbonyl (C=O) groups excluding carboxylic acids is 1. The van der Waals surface area contributed by atoms with Gasteiger partial charge < -0.3 is 14.8 Å². The molecule has 0 radical (unpaired) electrons. The van der Waals surface area contributed by atoms with E-state index < -0.39 is 5.91 Å². The number of hydrogen-bond acceptors (Lipinski definition) is 6. The molecule has 31 heavy (non-hydrogen) atoms. The van der Waals surface area contributed by atoms with Crippen LogP contribution in [-0.4, -0.2) is 39.7 Å². The first kappa shape index (κ1) is 20.1. The number of amides is 1. The van der Waals surface area contributed by atoms with Crippen molar-refractivity contribution in [3.05, 3.63) is 76.3 Å². The maximum Gasteiger partial charge on any atom is 0.277 e. The van der Waals surface area contributed by atoms with E-state index in [2.05, 4.69) is 15.5 Å².